The van der Waals surface area contributed by atoms with Crippen molar-refractivity contribution in [3.05, 3.63) is 47.5 Å². The van der Waals surface area contributed by atoms with Crippen LogP contribution < -0.4 is 4.74 Å². The first-order valence-electron chi connectivity index (χ1n) is 5.34. The zero-order valence-electron chi connectivity index (χ0n) is 9.77. The molecular weight excluding hydrogens is 216 g/mol. The van der Waals surface area contributed by atoms with Gasteiger partial charge in [-0.1, -0.05) is 18.2 Å². The number of hydrogen-bond donors (Lipinski definition) is 2. The summed E-state index contributed by atoms with van der Waals surface area (Å²) in [4.78, 5) is 0. The highest BCUT2D eigenvalue weighted by Gasteiger charge is 2.14. The SMILES string of the molecule is Cc1cc(O)c(C)c(O)c1Oc1ccccc1. The fourth-order valence-corrected chi connectivity index (χ4v) is 1.59. The molecule has 0 aliphatic rings. The molecule has 0 aliphatic heterocycles. The standard InChI is InChI=1S/C14H14O3/c1-9-8-12(15)10(2)13(16)14(9)17-11-6-4-3-5-7-11/h3-8,15-16H,1-2H3. The number of aryl methyl sites for hydroxylation is 1. The maximum absolute atomic E-state index is 9.94. The first-order valence-corrected chi connectivity index (χ1v) is 5.34. The molecule has 0 radical (unpaired) electrons. The lowest BCUT2D eigenvalue weighted by Crippen LogP contribution is -1.90. The molecule has 17 heavy (non-hydrogen) atoms. The summed E-state index contributed by atoms with van der Waals surface area (Å²) in [6, 6.07) is 10.8. The van der Waals surface area contributed by atoms with E-state index in [-0.39, 0.29) is 11.5 Å². The van der Waals surface area contributed by atoms with E-state index in [2.05, 4.69) is 0 Å². The Balaban J connectivity index is 2.43. The molecule has 0 unspecified atom stereocenters. The third kappa shape index (κ3) is 2.18. The fraction of sp³-hybridized carbons (Fsp3) is 0.143. The van der Waals surface area contributed by atoms with E-state index in [9.17, 15) is 10.2 Å². The third-order valence-electron chi connectivity index (χ3n) is 2.63. The molecule has 2 aromatic carbocycles. The summed E-state index contributed by atoms with van der Waals surface area (Å²) in [6.07, 6.45) is 0. The van der Waals surface area contributed by atoms with Crippen molar-refractivity contribution in [2.24, 2.45) is 0 Å². The predicted molar refractivity (Wildman–Crippen MR) is 65.8 cm³/mol. The van der Waals surface area contributed by atoms with Crippen LogP contribution in [0, 0.1) is 13.8 Å². The molecule has 2 rings (SSSR count). The van der Waals surface area contributed by atoms with Crippen LogP contribution in [0.4, 0.5) is 0 Å². The van der Waals surface area contributed by atoms with Crippen molar-refractivity contribution >= 4 is 0 Å². The summed E-state index contributed by atoms with van der Waals surface area (Å²) in [5.74, 6) is 1.08. The summed E-state index contributed by atoms with van der Waals surface area (Å²) in [5.41, 5.74) is 1.11. The second-order valence-corrected chi connectivity index (χ2v) is 3.93. The Labute approximate surface area is 99.9 Å². The quantitative estimate of drug-likeness (QED) is 0.830. The Morgan fingerprint density at radius 1 is 1.00 bits per heavy atom. The van der Waals surface area contributed by atoms with Crippen LogP contribution in [0.5, 0.6) is 23.0 Å². The first-order chi connectivity index (χ1) is 8.09. The van der Waals surface area contributed by atoms with Gasteiger partial charge in [-0.2, -0.15) is 0 Å². The lowest BCUT2D eigenvalue weighted by Gasteiger charge is -2.13. The van der Waals surface area contributed by atoms with Crippen LogP contribution in [0.2, 0.25) is 0 Å². The van der Waals surface area contributed by atoms with E-state index in [0.29, 0.717) is 22.6 Å². The van der Waals surface area contributed by atoms with Gasteiger partial charge in [0.05, 0.1) is 0 Å². The van der Waals surface area contributed by atoms with Gasteiger partial charge in [-0.3, -0.25) is 0 Å². The van der Waals surface area contributed by atoms with E-state index in [1.165, 1.54) is 0 Å². The summed E-state index contributed by atoms with van der Waals surface area (Å²) in [7, 11) is 0. The molecule has 2 N–H and O–H groups in total. The van der Waals surface area contributed by atoms with Crippen LogP contribution in [-0.2, 0) is 0 Å². The van der Waals surface area contributed by atoms with Crippen LogP contribution in [0.15, 0.2) is 36.4 Å². The van der Waals surface area contributed by atoms with Gasteiger partial charge in [0.1, 0.15) is 11.5 Å². The fourth-order valence-electron chi connectivity index (χ4n) is 1.59. The van der Waals surface area contributed by atoms with Crippen molar-refractivity contribution in [2.45, 2.75) is 13.8 Å². The van der Waals surface area contributed by atoms with Gasteiger partial charge in [-0.15, -0.1) is 0 Å². The molecular formula is C14H14O3. The van der Waals surface area contributed by atoms with Crippen LogP contribution >= 0.6 is 0 Å². The second-order valence-electron chi connectivity index (χ2n) is 3.93. The Morgan fingerprint density at radius 3 is 2.29 bits per heavy atom. The maximum Gasteiger partial charge on any atom is 0.172 e. The number of para-hydroxylation sites is 1. The van der Waals surface area contributed by atoms with Crippen molar-refractivity contribution in [3.8, 4) is 23.0 Å². The Hall–Kier alpha value is -2.16. The molecule has 0 saturated carbocycles. The molecule has 0 amide bonds. The van der Waals surface area contributed by atoms with Gasteiger partial charge in [0.25, 0.3) is 0 Å². The van der Waals surface area contributed by atoms with E-state index in [1.54, 1.807) is 32.0 Å². The molecule has 0 spiro atoms. The number of benzene rings is 2. The predicted octanol–water partition coefficient (Wildman–Crippen LogP) is 3.51. The average molecular weight is 230 g/mol. The molecule has 0 atom stereocenters. The summed E-state index contributed by atoms with van der Waals surface area (Å²) < 4.78 is 5.61. The average Bonchev–Trinajstić information content (AvgIpc) is 2.33. The van der Waals surface area contributed by atoms with Crippen molar-refractivity contribution in [2.75, 3.05) is 0 Å². The maximum atomic E-state index is 9.94. The van der Waals surface area contributed by atoms with E-state index < -0.39 is 0 Å². The summed E-state index contributed by atoms with van der Waals surface area (Å²) in [6.45, 7) is 3.42. The number of aromatic hydroxyl groups is 2. The van der Waals surface area contributed by atoms with E-state index in [4.69, 9.17) is 4.74 Å². The minimum Gasteiger partial charge on any atom is -0.508 e. The van der Waals surface area contributed by atoms with Gasteiger partial charge in [0.15, 0.2) is 11.5 Å². The number of phenols is 2. The molecule has 0 heterocycles. The lowest BCUT2D eigenvalue weighted by atomic mass is 10.1. The van der Waals surface area contributed by atoms with Crippen LogP contribution in [-0.4, -0.2) is 10.2 Å². The van der Waals surface area contributed by atoms with Gasteiger partial charge in [0, 0.05) is 5.56 Å². The highest BCUT2D eigenvalue weighted by Crippen LogP contribution is 2.40. The highest BCUT2D eigenvalue weighted by molar-refractivity contribution is 5.57. The number of hydrogen-bond acceptors (Lipinski definition) is 3. The molecule has 0 aliphatic carbocycles. The third-order valence-corrected chi connectivity index (χ3v) is 2.63. The van der Waals surface area contributed by atoms with Crippen LogP contribution in [0.1, 0.15) is 11.1 Å². The monoisotopic (exact) mass is 230 g/mol. The number of ether oxygens (including phenoxy) is 1. The van der Waals surface area contributed by atoms with Gasteiger partial charge in [-0.25, -0.2) is 0 Å². The molecule has 3 nitrogen and oxygen atoms in total. The Morgan fingerprint density at radius 2 is 1.65 bits per heavy atom. The Kier molecular flexibility index (Phi) is 2.91. The smallest absolute Gasteiger partial charge is 0.172 e. The molecule has 0 saturated heterocycles. The summed E-state index contributed by atoms with van der Waals surface area (Å²) in [5, 5.41) is 19.5. The minimum atomic E-state index is -0.0219. The second kappa shape index (κ2) is 4.37. The molecule has 0 fully saturated rings. The van der Waals surface area contributed by atoms with Crippen molar-refractivity contribution < 1.29 is 14.9 Å². The molecule has 3 heteroatoms. The van der Waals surface area contributed by atoms with Crippen molar-refractivity contribution in [3.63, 3.8) is 0 Å². The number of rotatable bonds is 2. The van der Waals surface area contributed by atoms with E-state index in [1.807, 2.05) is 18.2 Å². The van der Waals surface area contributed by atoms with Gasteiger partial charge >= 0.3 is 0 Å². The lowest BCUT2D eigenvalue weighted by molar-refractivity contribution is 0.396. The largest absolute Gasteiger partial charge is 0.508 e. The van der Waals surface area contributed by atoms with Crippen LogP contribution in [0.3, 0.4) is 0 Å². The van der Waals surface area contributed by atoms with Crippen LogP contribution in [0.25, 0.3) is 0 Å². The normalized spacial score (nSPS) is 10.2. The number of phenolic OH excluding ortho intramolecular Hbond substituents is 2. The topological polar surface area (TPSA) is 49.7 Å². The molecule has 0 aromatic heterocycles. The molecule has 88 valence electrons. The zero-order valence-corrected chi connectivity index (χ0v) is 9.77. The summed E-state index contributed by atoms with van der Waals surface area (Å²) >= 11 is 0. The minimum absolute atomic E-state index is 0.0219. The zero-order chi connectivity index (χ0) is 12.4. The Bertz CT molecular complexity index is 533. The van der Waals surface area contributed by atoms with Gasteiger partial charge < -0.3 is 14.9 Å². The van der Waals surface area contributed by atoms with Gasteiger partial charge in [-0.05, 0) is 37.6 Å². The van der Waals surface area contributed by atoms with Crippen molar-refractivity contribution in [1.82, 2.24) is 0 Å². The molecule has 0 bridgehead atoms. The van der Waals surface area contributed by atoms with E-state index in [0.717, 1.165) is 0 Å². The first kappa shape index (κ1) is 11.3. The van der Waals surface area contributed by atoms with Crippen molar-refractivity contribution in [1.29, 1.82) is 0 Å². The van der Waals surface area contributed by atoms with Gasteiger partial charge in [0.2, 0.25) is 0 Å². The highest BCUT2D eigenvalue weighted by atomic mass is 16.5. The molecule has 2 aromatic rings. The van der Waals surface area contributed by atoms with E-state index >= 15 is 0 Å².